The fourth-order valence-corrected chi connectivity index (χ4v) is 0.801. The molecule has 0 bridgehead atoms. The molecular formula is C8H14N2O4. The van der Waals surface area contributed by atoms with Gasteiger partial charge in [0.15, 0.2) is 0 Å². The Kier molecular flexibility index (Phi) is 7.30. The molecule has 0 radical (unpaired) electrons. The zero-order valence-corrected chi connectivity index (χ0v) is 8.10. The first-order valence-electron chi connectivity index (χ1n) is 4.48. The van der Waals surface area contributed by atoms with Crippen LogP contribution in [0.5, 0.6) is 0 Å². The summed E-state index contributed by atoms with van der Waals surface area (Å²) in [7, 11) is 0. The van der Waals surface area contributed by atoms with E-state index in [1.807, 2.05) is 0 Å². The Morgan fingerprint density at radius 1 is 1.21 bits per heavy atom. The van der Waals surface area contributed by atoms with E-state index in [1.54, 1.807) is 0 Å². The number of carbonyl (C=O) groups excluding carboxylic acids is 1. The Morgan fingerprint density at radius 3 is 2.50 bits per heavy atom. The van der Waals surface area contributed by atoms with Gasteiger partial charge in [-0.3, -0.25) is 0 Å². The fourth-order valence-electron chi connectivity index (χ4n) is 0.801. The van der Waals surface area contributed by atoms with Crippen LogP contribution >= 0.6 is 0 Å². The van der Waals surface area contributed by atoms with Crippen LogP contribution in [0.2, 0.25) is 0 Å². The van der Waals surface area contributed by atoms with Gasteiger partial charge in [-0.1, -0.05) is 36.4 Å². The van der Waals surface area contributed by atoms with Crippen LogP contribution in [0.4, 0.5) is 9.59 Å². The van der Waals surface area contributed by atoms with Gasteiger partial charge in [0.25, 0.3) is 0 Å². The summed E-state index contributed by atoms with van der Waals surface area (Å²) in [4.78, 5) is 20.5. The molecule has 0 aromatic carbocycles. The van der Waals surface area contributed by atoms with Crippen molar-refractivity contribution in [1.29, 1.82) is 0 Å². The second-order valence-corrected chi connectivity index (χ2v) is 2.66. The molecule has 0 fully saturated rings. The zero-order chi connectivity index (χ0) is 10.8. The van der Waals surface area contributed by atoms with Gasteiger partial charge in [-0.05, 0) is 6.42 Å². The second kappa shape index (κ2) is 8.15. The molecule has 0 heterocycles. The van der Waals surface area contributed by atoms with Crippen LogP contribution in [0.1, 0.15) is 32.6 Å². The SMILES string of the molecule is CCCCCCOC(=O)N=NC(=O)O. The minimum atomic E-state index is -1.51. The number of ether oxygens (including phenoxy) is 1. The molecule has 0 aliphatic carbocycles. The smallest absolute Gasteiger partial charge is 0.452 e. The van der Waals surface area contributed by atoms with Crippen molar-refractivity contribution >= 4 is 12.2 Å². The Morgan fingerprint density at radius 2 is 1.93 bits per heavy atom. The van der Waals surface area contributed by atoms with E-state index in [4.69, 9.17) is 5.11 Å². The molecule has 6 nitrogen and oxygen atoms in total. The lowest BCUT2D eigenvalue weighted by Crippen LogP contribution is -2.00. The summed E-state index contributed by atoms with van der Waals surface area (Å²) < 4.78 is 4.58. The lowest BCUT2D eigenvalue weighted by atomic mass is 10.2. The monoisotopic (exact) mass is 202 g/mol. The normalized spacial score (nSPS) is 10.4. The summed E-state index contributed by atoms with van der Waals surface area (Å²) in [5.74, 6) is 0. The van der Waals surface area contributed by atoms with Gasteiger partial charge in [-0.2, -0.15) is 0 Å². The Labute approximate surface area is 82.0 Å². The highest BCUT2D eigenvalue weighted by Gasteiger charge is 2.00. The fraction of sp³-hybridized carbons (Fsp3) is 0.750. The number of amides is 2. The van der Waals surface area contributed by atoms with E-state index < -0.39 is 12.2 Å². The molecule has 14 heavy (non-hydrogen) atoms. The van der Waals surface area contributed by atoms with Gasteiger partial charge in [0, 0.05) is 0 Å². The van der Waals surface area contributed by atoms with Crippen molar-refractivity contribution in [3.05, 3.63) is 0 Å². The van der Waals surface area contributed by atoms with Crippen LogP contribution in [0.15, 0.2) is 10.2 Å². The third kappa shape index (κ3) is 8.63. The summed E-state index contributed by atoms with van der Waals surface area (Å²) in [6, 6.07) is 0. The highest BCUT2D eigenvalue weighted by atomic mass is 16.5. The highest BCUT2D eigenvalue weighted by molar-refractivity contribution is 5.71. The first-order chi connectivity index (χ1) is 6.66. The van der Waals surface area contributed by atoms with E-state index in [1.165, 1.54) is 0 Å². The van der Waals surface area contributed by atoms with Gasteiger partial charge in [0.2, 0.25) is 0 Å². The molecule has 6 heteroatoms. The largest absolute Gasteiger partial charge is 0.462 e. The molecule has 0 saturated heterocycles. The molecule has 1 N–H and O–H groups in total. The van der Waals surface area contributed by atoms with Crippen molar-refractivity contribution in [3.63, 3.8) is 0 Å². The van der Waals surface area contributed by atoms with E-state index in [-0.39, 0.29) is 6.61 Å². The number of nitrogens with zero attached hydrogens (tertiary/aromatic N) is 2. The molecule has 0 aromatic heterocycles. The molecule has 0 aliphatic rings. The quantitative estimate of drug-likeness (QED) is 0.548. The van der Waals surface area contributed by atoms with Crippen molar-refractivity contribution in [1.82, 2.24) is 0 Å². The predicted octanol–water partition coefficient (Wildman–Crippen LogP) is 2.83. The van der Waals surface area contributed by atoms with Crippen LogP contribution in [0.25, 0.3) is 0 Å². The molecular weight excluding hydrogens is 188 g/mol. The van der Waals surface area contributed by atoms with Crippen LogP contribution in [-0.4, -0.2) is 23.9 Å². The Bertz CT molecular complexity index is 215. The lowest BCUT2D eigenvalue weighted by molar-refractivity contribution is 0.151. The number of carboxylic acid groups (broad SMARTS) is 1. The summed E-state index contributed by atoms with van der Waals surface area (Å²) in [5, 5.41) is 13.4. The van der Waals surface area contributed by atoms with Crippen molar-refractivity contribution in [3.8, 4) is 0 Å². The average Bonchev–Trinajstić information content (AvgIpc) is 2.14. The molecule has 0 atom stereocenters. The molecule has 80 valence electrons. The topological polar surface area (TPSA) is 88.3 Å². The molecule has 0 aliphatic heterocycles. The van der Waals surface area contributed by atoms with E-state index in [2.05, 4.69) is 21.9 Å². The molecule has 0 aromatic rings. The highest BCUT2D eigenvalue weighted by Crippen LogP contribution is 1.99. The van der Waals surface area contributed by atoms with Crippen molar-refractivity contribution in [2.45, 2.75) is 32.6 Å². The number of azo groups is 1. The molecule has 0 saturated carbocycles. The second-order valence-electron chi connectivity index (χ2n) is 2.66. The number of carbonyl (C=O) groups is 2. The van der Waals surface area contributed by atoms with Gasteiger partial charge in [0.05, 0.1) is 6.61 Å². The lowest BCUT2D eigenvalue weighted by Gasteiger charge is -1.99. The number of hydrogen-bond donors (Lipinski definition) is 1. The van der Waals surface area contributed by atoms with Gasteiger partial charge in [0.1, 0.15) is 0 Å². The molecule has 0 spiro atoms. The van der Waals surface area contributed by atoms with Crippen LogP contribution in [0, 0.1) is 0 Å². The molecule has 0 unspecified atom stereocenters. The maximum atomic E-state index is 10.6. The Hall–Kier alpha value is -1.46. The first-order valence-corrected chi connectivity index (χ1v) is 4.48. The van der Waals surface area contributed by atoms with Crippen molar-refractivity contribution in [2.24, 2.45) is 10.2 Å². The van der Waals surface area contributed by atoms with E-state index in [0.29, 0.717) is 0 Å². The maximum absolute atomic E-state index is 10.6. The summed E-state index contributed by atoms with van der Waals surface area (Å²) in [6.07, 6.45) is 1.49. The maximum Gasteiger partial charge on any atom is 0.452 e. The predicted molar refractivity (Wildman–Crippen MR) is 48.4 cm³/mol. The molecule has 2 amide bonds. The zero-order valence-electron chi connectivity index (χ0n) is 8.10. The summed E-state index contributed by atoms with van der Waals surface area (Å²) in [6.45, 7) is 2.34. The average molecular weight is 202 g/mol. The van der Waals surface area contributed by atoms with Crippen LogP contribution in [0.3, 0.4) is 0 Å². The van der Waals surface area contributed by atoms with E-state index in [0.717, 1.165) is 25.7 Å². The van der Waals surface area contributed by atoms with Gasteiger partial charge in [-0.15, -0.1) is 0 Å². The summed E-state index contributed by atoms with van der Waals surface area (Å²) in [5.41, 5.74) is 0. The first kappa shape index (κ1) is 12.5. The number of unbranched alkanes of at least 4 members (excludes halogenated alkanes) is 3. The van der Waals surface area contributed by atoms with E-state index >= 15 is 0 Å². The van der Waals surface area contributed by atoms with Crippen LogP contribution in [-0.2, 0) is 4.74 Å². The summed E-state index contributed by atoms with van der Waals surface area (Å²) >= 11 is 0. The number of rotatable bonds is 5. The van der Waals surface area contributed by atoms with Gasteiger partial charge in [-0.25, -0.2) is 9.59 Å². The third-order valence-corrected chi connectivity index (χ3v) is 1.44. The van der Waals surface area contributed by atoms with Gasteiger partial charge < -0.3 is 9.84 Å². The third-order valence-electron chi connectivity index (χ3n) is 1.44. The van der Waals surface area contributed by atoms with Crippen LogP contribution < -0.4 is 0 Å². The van der Waals surface area contributed by atoms with Crippen molar-refractivity contribution in [2.75, 3.05) is 6.61 Å². The molecule has 0 rings (SSSR count). The minimum absolute atomic E-state index is 0.261. The minimum Gasteiger partial charge on any atom is -0.462 e. The van der Waals surface area contributed by atoms with Crippen molar-refractivity contribution < 1.29 is 19.4 Å². The number of hydrogen-bond acceptors (Lipinski definition) is 3. The van der Waals surface area contributed by atoms with E-state index in [9.17, 15) is 9.59 Å². The van der Waals surface area contributed by atoms with Gasteiger partial charge >= 0.3 is 12.2 Å². The standard InChI is InChI=1S/C8H14N2O4/c1-2-3-4-5-6-14-8(13)10-9-7(11)12/h2-6H2,1H3,(H,11,12). The Balaban J connectivity index is 3.40.